The number of benzene rings is 1. The highest BCUT2D eigenvalue weighted by molar-refractivity contribution is 7.09. The number of hydrogen-bond acceptors (Lipinski definition) is 4. The topological polar surface area (TPSA) is 65.2 Å². The lowest BCUT2D eigenvalue weighted by Crippen LogP contribution is -2.13. The molecular weight excluding hydrogens is 296 g/mol. The van der Waals surface area contributed by atoms with Crippen molar-refractivity contribution < 1.29 is 9.53 Å². The van der Waals surface area contributed by atoms with Gasteiger partial charge in [0.25, 0.3) is 5.91 Å². The number of carbonyl (C=O) groups excluding carboxylic acids is 1. The van der Waals surface area contributed by atoms with Crippen molar-refractivity contribution in [2.24, 2.45) is 5.73 Å². The number of aryl methyl sites for hydroxylation is 1. The van der Waals surface area contributed by atoms with Gasteiger partial charge >= 0.3 is 0 Å². The Kier molecular flexibility index (Phi) is 5.38. The van der Waals surface area contributed by atoms with E-state index in [9.17, 15) is 4.79 Å². The van der Waals surface area contributed by atoms with Crippen molar-refractivity contribution >= 4 is 28.8 Å². The van der Waals surface area contributed by atoms with E-state index in [4.69, 9.17) is 22.1 Å². The van der Waals surface area contributed by atoms with Gasteiger partial charge in [0.1, 0.15) is 5.75 Å². The molecule has 6 heteroatoms. The van der Waals surface area contributed by atoms with Gasteiger partial charge in [0.05, 0.1) is 28.8 Å². The van der Waals surface area contributed by atoms with E-state index in [0.29, 0.717) is 23.8 Å². The number of ether oxygens (including phenoxy) is 1. The van der Waals surface area contributed by atoms with Crippen LogP contribution in [0.5, 0.6) is 5.75 Å². The maximum atomic E-state index is 11.2. The zero-order valence-electron chi connectivity index (χ0n) is 10.8. The fraction of sp³-hybridized carbons (Fsp3) is 0.286. The first kappa shape index (κ1) is 14.8. The van der Waals surface area contributed by atoms with Crippen LogP contribution in [0.25, 0.3) is 0 Å². The highest BCUT2D eigenvalue weighted by atomic mass is 35.5. The Hall–Kier alpha value is -1.59. The second kappa shape index (κ2) is 7.26. The van der Waals surface area contributed by atoms with Crippen LogP contribution in [0.2, 0.25) is 0 Å². The minimum Gasteiger partial charge on any atom is -0.493 e. The lowest BCUT2D eigenvalue weighted by atomic mass is 10.2. The van der Waals surface area contributed by atoms with Crippen LogP contribution >= 0.6 is 22.9 Å². The minimum absolute atomic E-state index is 0.408. The van der Waals surface area contributed by atoms with E-state index < -0.39 is 5.91 Å². The predicted molar refractivity (Wildman–Crippen MR) is 80.4 cm³/mol. The van der Waals surface area contributed by atoms with E-state index >= 15 is 0 Å². The molecule has 0 saturated heterocycles. The van der Waals surface area contributed by atoms with Crippen molar-refractivity contribution in [1.29, 1.82) is 0 Å². The number of hydrogen-bond donors (Lipinski definition) is 1. The standard InChI is InChI=1S/C14H15ClN2O2S/c15-8-10-9-20-13(17-10)6-3-7-19-12-5-2-1-4-11(12)14(16)18/h1-2,4-5,9H,3,6-8H2,(H2,16,18). The molecule has 2 rings (SSSR count). The smallest absolute Gasteiger partial charge is 0.252 e. The number of nitrogens with two attached hydrogens (primary N) is 1. The molecule has 106 valence electrons. The van der Waals surface area contributed by atoms with Crippen LogP contribution in [-0.2, 0) is 12.3 Å². The maximum Gasteiger partial charge on any atom is 0.252 e. The van der Waals surface area contributed by atoms with Gasteiger partial charge in [0.15, 0.2) is 0 Å². The lowest BCUT2D eigenvalue weighted by Gasteiger charge is -2.08. The van der Waals surface area contributed by atoms with Gasteiger partial charge in [-0.15, -0.1) is 22.9 Å². The van der Waals surface area contributed by atoms with Crippen molar-refractivity contribution in [1.82, 2.24) is 4.98 Å². The maximum absolute atomic E-state index is 11.2. The first-order chi connectivity index (χ1) is 9.70. The molecule has 4 nitrogen and oxygen atoms in total. The Bertz CT molecular complexity index is 586. The van der Waals surface area contributed by atoms with E-state index in [1.807, 2.05) is 11.4 Å². The van der Waals surface area contributed by atoms with Crippen molar-refractivity contribution in [3.63, 3.8) is 0 Å². The number of amides is 1. The molecule has 1 amide bonds. The van der Waals surface area contributed by atoms with Crippen molar-refractivity contribution in [3.8, 4) is 5.75 Å². The number of para-hydroxylation sites is 1. The largest absolute Gasteiger partial charge is 0.493 e. The van der Waals surface area contributed by atoms with E-state index in [0.717, 1.165) is 23.5 Å². The third kappa shape index (κ3) is 3.95. The molecule has 1 aromatic heterocycles. The summed E-state index contributed by atoms with van der Waals surface area (Å²) in [6.07, 6.45) is 1.66. The summed E-state index contributed by atoms with van der Waals surface area (Å²) >= 11 is 7.31. The highest BCUT2D eigenvalue weighted by Gasteiger charge is 2.08. The van der Waals surface area contributed by atoms with Crippen LogP contribution in [0, 0.1) is 0 Å². The zero-order valence-corrected chi connectivity index (χ0v) is 12.4. The summed E-state index contributed by atoms with van der Waals surface area (Å²) in [4.78, 5) is 15.6. The molecular formula is C14H15ClN2O2S. The number of thiazole rings is 1. The van der Waals surface area contributed by atoms with Gasteiger partial charge < -0.3 is 10.5 Å². The zero-order chi connectivity index (χ0) is 14.4. The van der Waals surface area contributed by atoms with Crippen LogP contribution in [0.1, 0.15) is 27.5 Å². The number of halogens is 1. The molecule has 1 heterocycles. The van der Waals surface area contributed by atoms with E-state index in [-0.39, 0.29) is 0 Å². The first-order valence-corrected chi connectivity index (χ1v) is 7.63. The van der Waals surface area contributed by atoms with Gasteiger partial charge in [-0.25, -0.2) is 4.98 Å². The molecule has 0 bridgehead atoms. The molecule has 0 fully saturated rings. The van der Waals surface area contributed by atoms with Crippen molar-refractivity contribution in [3.05, 3.63) is 45.9 Å². The normalized spacial score (nSPS) is 10.4. The number of rotatable bonds is 7. The summed E-state index contributed by atoms with van der Waals surface area (Å²) in [6, 6.07) is 6.98. The second-order valence-corrected chi connectivity index (χ2v) is 5.39. The molecule has 0 atom stereocenters. The Labute approximate surface area is 126 Å². The number of aromatic nitrogens is 1. The van der Waals surface area contributed by atoms with Gasteiger partial charge in [-0.2, -0.15) is 0 Å². The quantitative estimate of drug-likeness (QED) is 0.631. The molecule has 0 aliphatic rings. The Morgan fingerprint density at radius 2 is 2.20 bits per heavy atom. The number of primary amides is 1. The van der Waals surface area contributed by atoms with Crippen LogP contribution in [0.4, 0.5) is 0 Å². The monoisotopic (exact) mass is 310 g/mol. The van der Waals surface area contributed by atoms with Gasteiger partial charge in [-0.05, 0) is 18.6 Å². The molecule has 20 heavy (non-hydrogen) atoms. The molecule has 0 radical (unpaired) electrons. The number of carbonyl (C=O) groups is 1. The molecule has 0 unspecified atom stereocenters. The molecule has 2 aromatic rings. The first-order valence-electron chi connectivity index (χ1n) is 6.21. The summed E-state index contributed by atoms with van der Waals surface area (Å²) in [5, 5.41) is 3.01. The van der Waals surface area contributed by atoms with Crippen LogP contribution in [-0.4, -0.2) is 17.5 Å². The SMILES string of the molecule is NC(=O)c1ccccc1OCCCc1nc(CCl)cs1. The Morgan fingerprint density at radius 3 is 2.90 bits per heavy atom. The lowest BCUT2D eigenvalue weighted by molar-refractivity contribution is 0.0996. The molecule has 0 aliphatic carbocycles. The third-order valence-corrected chi connectivity index (χ3v) is 3.91. The van der Waals surface area contributed by atoms with Gasteiger partial charge in [0, 0.05) is 11.8 Å². The molecule has 2 N–H and O–H groups in total. The second-order valence-electron chi connectivity index (χ2n) is 4.18. The summed E-state index contributed by atoms with van der Waals surface area (Å²) in [7, 11) is 0. The number of alkyl halides is 1. The van der Waals surface area contributed by atoms with Crippen LogP contribution in [0.15, 0.2) is 29.6 Å². The predicted octanol–water partition coefficient (Wildman–Crippen LogP) is 2.99. The molecule has 0 saturated carbocycles. The molecule has 1 aromatic carbocycles. The van der Waals surface area contributed by atoms with Crippen LogP contribution in [0.3, 0.4) is 0 Å². The summed E-state index contributed by atoms with van der Waals surface area (Å²) < 4.78 is 5.60. The fourth-order valence-electron chi connectivity index (χ4n) is 1.73. The van der Waals surface area contributed by atoms with Crippen molar-refractivity contribution in [2.75, 3.05) is 6.61 Å². The minimum atomic E-state index is -0.479. The third-order valence-electron chi connectivity index (χ3n) is 2.68. The molecule has 0 aliphatic heterocycles. The summed E-state index contributed by atoms with van der Waals surface area (Å²) in [5.74, 6) is 0.492. The summed E-state index contributed by atoms with van der Waals surface area (Å²) in [6.45, 7) is 0.514. The van der Waals surface area contributed by atoms with Gasteiger partial charge in [-0.3, -0.25) is 4.79 Å². The van der Waals surface area contributed by atoms with Crippen molar-refractivity contribution in [2.45, 2.75) is 18.7 Å². The van der Waals surface area contributed by atoms with E-state index in [1.54, 1.807) is 29.5 Å². The van der Waals surface area contributed by atoms with Gasteiger partial charge in [0.2, 0.25) is 0 Å². The Balaban J connectivity index is 1.83. The summed E-state index contributed by atoms with van der Waals surface area (Å²) in [5.41, 5.74) is 6.61. The van der Waals surface area contributed by atoms with Crippen LogP contribution < -0.4 is 10.5 Å². The van der Waals surface area contributed by atoms with E-state index in [1.165, 1.54) is 0 Å². The molecule has 0 spiro atoms. The fourth-order valence-corrected chi connectivity index (χ4v) is 2.80. The number of nitrogens with zero attached hydrogens (tertiary/aromatic N) is 1. The van der Waals surface area contributed by atoms with E-state index in [2.05, 4.69) is 4.98 Å². The average Bonchev–Trinajstić information content (AvgIpc) is 2.92. The van der Waals surface area contributed by atoms with Gasteiger partial charge in [-0.1, -0.05) is 12.1 Å². The Morgan fingerprint density at radius 1 is 1.40 bits per heavy atom. The average molecular weight is 311 g/mol. The highest BCUT2D eigenvalue weighted by Crippen LogP contribution is 2.18.